The van der Waals surface area contributed by atoms with Gasteiger partial charge in [0.05, 0.1) is 12.1 Å². The van der Waals surface area contributed by atoms with Crippen LogP contribution in [0.15, 0.2) is 116 Å². The molecule has 0 fully saturated rings. The SMILES string of the molecule is C=CCN(C(=O)OC(C)(C)C)[C@@H](c1ccccc1)[C@H](C=C)N(Cc1ccccc1)Cc1ccccc1. The zero-order valence-electron chi connectivity index (χ0n) is 21.7. The van der Waals surface area contributed by atoms with Crippen LogP contribution in [0.25, 0.3) is 0 Å². The molecule has 0 saturated carbocycles. The molecule has 0 heterocycles. The van der Waals surface area contributed by atoms with Crippen molar-refractivity contribution in [3.8, 4) is 0 Å². The van der Waals surface area contributed by atoms with Gasteiger partial charge in [-0.05, 0) is 37.5 Å². The number of carbonyl (C=O) groups excluding carboxylic acids is 1. The molecule has 0 spiro atoms. The van der Waals surface area contributed by atoms with Crippen LogP contribution in [0.3, 0.4) is 0 Å². The largest absolute Gasteiger partial charge is 0.444 e. The third-order valence-electron chi connectivity index (χ3n) is 5.87. The second-order valence-electron chi connectivity index (χ2n) is 9.88. The average Bonchev–Trinajstić information content (AvgIpc) is 2.86. The fourth-order valence-corrected chi connectivity index (χ4v) is 4.35. The maximum atomic E-state index is 13.5. The Balaban J connectivity index is 2.09. The average molecular weight is 483 g/mol. The van der Waals surface area contributed by atoms with Crippen molar-refractivity contribution in [3.05, 3.63) is 133 Å². The number of carbonyl (C=O) groups is 1. The molecule has 36 heavy (non-hydrogen) atoms. The van der Waals surface area contributed by atoms with Crippen LogP contribution >= 0.6 is 0 Å². The van der Waals surface area contributed by atoms with Gasteiger partial charge in [-0.15, -0.1) is 13.2 Å². The van der Waals surface area contributed by atoms with Crippen LogP contribution < -0.4 is 0 Å². The number of nitrogens with zero attached hydrogens (tertiary/aromatic N) is 2. The van der Waals surface area contributed by atoms with E-state index in [-0.39, 0.29) is 18.2 Å². The first kappa shape index (κ1) is 27.0. The summed E-state index contributed by atoms with van der Waals surface area (Å²) in [5.74, 6) is 0. The Bertz CT molecular complexity index is 1050. The van der Waals surface area contributed by atoms with Crippen molar-refractivity contribution in [3.63, 3.8) is 0 Å². The van der Waals surface area contributed by atoms with Gasteiger partial charge in [0.1, 0.15) is 5.60 Å². The molecule has 3 aromatic carbocycles. The van der Waals surface area contributed by atoms with Crippen LogP contribution in [0.1, 0.15) is 43.5 Å². The van der Waals surface area contributed by atoms with Gasteiger partial charge in [-0.3, -0.25) is 9.80 Å². The Labute approximate surface area is 216 Å². The van der Waals surface area contributed by atoms with E-state index < -0.39 is 5.60 Å². The lowest BCUT2D eigenvalue weighted by atomic mass is 9.95. The molecule has 0 saturated heterocycles. The number of rotatable bonds is 11. The lowest BCUT2D eigenvalue weighted by Gasteiger charge is -2.41. The molecule has 2 atom stereocenters. The van der Waals surface area contributed by atoms with E-state index in [2.05, 4.69) is 78.7 Å². The molecule has 0 aliphatic heterocycles. The monoisotopic (exact) mass is 482 g/mol. The number of ether oxygens (including phenoxy) is 1. The van der Waals surface area contributed by atoms with E-state index in [1.54, 1.807) is 11.0 Å². The number of benzene rings is 3. The van der Waals surface area contributed by atoms with Crippen molar-refractivity contribution in [1.82, 2.24) is 9.80 Å². The summed E-state index contributed by atoms with van der Waals surface area (Å²) in [7, 11) is 0. The highest BCUT2D eigenvalue weighted by Crippen LogP contribution is 2.32. The zero-order valence-corrected chi connectivity index (χ0v) is 21.7. The molecule has 0 bridgehead atoms. The van der Waals surface area contributed by atoms with Crippen molar-refractivity contribution in [1.29, 1.82) is 0 Å². The highest BCUT2D eigenvalue weighted by molar-refractivity contribution is 5.69. The summed E-state index contributed by atoms with van der Waals surface area (Å²) in [4.78, 5) is 17.7. The van der Waals surface area contributed by atoms with Gasteiger partial charge in [0.2, 0.25) is 0 Å². The predicted molar refractivity (Wildman–Crippen MR) is 148 cm³/mol. The van der Waals surface area contributed by atoms with Crippen LogP contribution in [0.2, 0.25) is 0 Å². The first-order valence-corrected chi connectivity index (χ1v) is 12.4. The van der Waals surface area contributed by atoms with E-state index in [1.807, 2.05) is 57.2 Å². The molecule has 1 amide bonds. The Morgan fingerprint density at radius 2 is 1.31 bits per heavy atom. The minimum atomic E-state index is -0.616. The molecule has 0 aliphatic rings. The molecule has 0 aromatic heterocycles. The third kappa shape index (κ3) is 7.69. The number of amides is 1. The highest BCUT2D eigenvalue weighted by Gasteiger charge is 2.36. The first-order chi connectivity index (χ1) is 17.3. The fraction of sp³-hybridized carbons (Fsp3) is 0.281. The van der Waals surface area contributed by atoms with Crippen molar-refractivity contribution in [2.24, 2.45) is 0 Å². The molecule has 4 heteroatoms. The van der Waals surface area contributed by atoms with Crippen LogP contribution in [-0.2, 0) is 17.8 Å². The molecule has 0 N–H and O–H groups in total. The lowest BCUT2D eigenvalue weighted by Crippen LogP contribution is -2.48. The smallest absolute Gasteiger partial charge is 0.411 e. The summed E-state index contributed by atoms with van der Waals surface area (Å²) in [6, 6.07) is 30.4. The first-order valence-electron chi connectivity index (χ1n) is 12.4. The summed E-state index contributed by atoms with van der Waals surface area (Å²) in [5, 5.41) is 0. The predicted octanol–water partition coefficient (Wildman–Crippen LogP) is 7.41. The summed E-state index contributed by atoms with van der Waals surface area (Å²) >= 11 is 0. The summed E-state index contributed by atoms with van der Waals surface area (Å²) in [5.41, 5.74) is 2.79. The lowest BCUT2D eigenvalue weighted by molar-refractivity contribution is 0.00811. The van der Waals surface area contributed by atoms with Gasteiger partial charge >= 0.3 is 6.09 Å². The Kier molecular flexibility index (Phi) is 9.66. The highest BCUT2D eigenvalue weighted by atomic mass is 16.6. The number of hydrogen-bond donors (Lipinski definition) is 0. The van der Waals surface area contributed by atoms with E-state index in [0.717, 1.165) is 5.56 Å². The fourth-order valence-electron chi connectivity index (χ4n) is 4.35. The summed E-state index contributed by atoms with van der Waals surface area (Å²) in [6.07, 6.45) is 3.32. The molecule has 0 aliphatic carbocycles. The molecule has 3 rings (SSSR count). The van der Waals surface area contributed by atoms with Gasteiger partial charge in [0.25, 0.3) is 0 Å². The molecular formula is C32H38N2O2. The third-order valence-corrected chi connectivity index (χ3v) is 5.87. The van der Waals surface area contributed by atoms with Crippen molar-refractivity contribution in [2.45, 2.75) is 51.5 Å². The normalized spacial score (nSPS) is 13.0. The van der Waals surface area contributed by atoms with E-state index in [0.29, 0.717) is 19.6 Å². The summed E-state index contributed by atoms with van der Waals surface area (Å²) in [6.45, 7) is 15.6. The van der Waals surface area contributed by atoms with Crippen LogP contribution in [0.5, 0.6) is 0 Å². The molecule has 3 aromatic rings. The maximum absolute atomic E-state index is 13.5. The van der Waals surface area contributed by atoms with Gasteiger partial charge < -0.3 is 4.74 Å². The number of hydrogen-bond acceptors (Lipinski definition) is 3. The summed E-state index contributed by atoms with van der Waals surface area (Å²) < 4.78 is 5.85. The van der Waals surface area contributed by atoms with Gasteiger partial charge in [0.15, 0.2) is 0 Å². The van der Waals surface area contributed by atoms with Gasteiger partial charge in [-0.1, -0.05) is 103 Å². The molecular weight excluding hydrogens is 444 g/mol. The van der Waals surface area contributed by atoms with E-state index in [9.17, 15) is 4.79 Å². The Hall–Kier alpha value is -3.63. The molecule has 188 valence electrons. The minimum Gasteiger partial charge on any atom is -0.444 e. The van der Waals surface area contributed by atoms with E-state index in [1.165, 1.54) is 11.1 Å². The van der Waals surface area contributed by atoms with Crippen molar-refractivity contribution < 1.29 is 9.53 Å². The standard InChI is InChI=1S/C32H38N2O2/c1-6-23-34(31(35)36-32(3,4)5)30(28-21-15-10-16-22-28)29(7-2)33(24-26-17-11-8-12-18-26)25-27-19-13-9-14-20-27/h6-22,29-30H,1-2,23-25H2,3-5H3/t29-,30-/m0/s1. The Morgan fingerprint density at radius 1 is 0.833 bits per heavy atom. The van der Waals surface area contributed by atoms with Crippen LogP contribution in [-0.4, -0.2) is 34.1 Å². The van der Waals surface area contributed by atoms with Gasteiger partial charge in [-0.25, -0.2) is 4.79 Å². The van der Waals surface area contributed by atoms with Crippen molar-refractivity contribution in [2.75, 3.05) is 6.54 Å². The molecule has 0 unspecified atom stereocenters. The molecule has 0 radical (unpaired) electrons. The maximum Gasteiger partial charge on any atom is 0.411 e. The molecule has 4 nitrogen and oxygen atoms in total. The Morgan fingerprint density at radius 3 is 1.72 bits per heavy atom. The van der Waals surface area contributed by atoms with Crippen molar-refractivity contribution >= 4 is 6.09 Å². The quantitative estimate of drug-likeness (QED) is 0.267. The van der Waals surface area contributed by atoms with E-state index >= 15 is 0 Å². The minimum absolute atomic E-state index is 0.194. The second kappa shape index (κ2) is 12.9. The van der Waals surface area contributed by atoms with Gasteiger partial charge in [-0.2, -0.15) is 0 Å². The zero-order chi connectivity index (χ0) is 26.0. The topological polar surface area (TPSA) is 32.8 Å². The second-order valence-corrected chi connectivity index (χ2v) is 9.88. The van der Waals surface area contributed by atoms with Gasteiger partial charge in [0, 0.05) is 19.6 Å². The van der Waals surface area contributed by atoms with E-state index in [4.69, 9.17) is 4.74 Å². The van der Waals surface area contributed by atoms with Crippen LogP contribution in [0, 0.1) is 0 Å². The van der Waals surface area contributed by atoms with Crippen LogP contribution in [0.4, 0.5) is 4.79 Å².